The second kappa shape index (κ2) is 9.99. The second-order valence-corrected chi connectivity index (χ2v) is 8.13. The largest absolute Gasteiger partial charge is 0.392 e. The molecule has 2 N–H and O–H groups in total. The zero-order valence-electron chi connectivity index (χ0n) is 14.8. The summed E-state index contributed by atoms with van der Waals surface area (Å²) >= 11 is 1.63. The van der Waals surface area contributed by atoms with Gasteiger partial charge in [0.1, 0.15) is 0 Å². The van der Waals surface area contributed by atoms with Crippen molar-refractivity contribution in [2.75, 3.05) is 5.75 Å². The highest BCUT2D eigenvalue weighted by molar-refractivity contribution is 7.99. The highest BCUT2D eigenvalue weighted by Crippen LogP contribution is 2.24. The van der Waals surface area contributed by atoms with E-state index in [1.165, 1.54) is 0 Å². The smallest absolute Gasteiger partial charge is 0.226 e. The summed E-state index contributed by atoms with van der Waals surface area (Å²) in [5.41, 5.74) is -0.282. The van der Waals surface area contributed by atoms with Gasteiger partial charge < -0.3 is 10.4 Å². The monoisotopic (exact) mass is 337 g/mol. The minimum Gasteiger partial charge on any atom is -0.392 e. The van der Waals surface area contributed by atoms with Crippen LogP contribution in [0.15, 0.2) is 35.2 Å². The van der Waals surface area contributed by atoms with E-state index in [0.717, 1.165) is 24.2 Å². The normalized spacial score (nSPS) is 14.3. The summed E-state index contributed by atoms with van der Waals surface area (Å²) in [6, 6.07) is 10.0. The molecule has 0 fully saturated rings. The maximum Gasteiger partial charge on any atom is 0.226 e. The fourth-order valence-electron chi connectivity index (χ4n) is 2.33. The van der Waals surface area contributed by atoms with Gasteiger partial charge in [-0.25, -0.2) is 0 Å². The van der Waals surface area contributed by atoms with Crippen LogP contribution in [-0.4, -0.2) is 28.4 Å². The first-order chi connectivity index (χ1) is 10.8. The Kier molecular flexibility index (Phi) is 8.71. The molecule has 0 saturated carbocycles. The van der Waals surface area contributed by atoms with Gasteiger partial charge in [-0.3, -0.25) is 4.79 Å². The summed E-state index contributed by atoms with van der Waals surface area (Å²) in [5.74, 6) is 0.167. The van der Waals surface area contributed by atoms with Crippen molar-refractivity contribution in [1.29, 1.82) is 0 Å². The van der Waals surface area contributed by atoms with Gasteiger partial charge in [0.25, 0.3) is 0 Å². The number of amides is 1. The van der Waals surface area contributed by atoms with Crippen molar-refractivity contribution < 1.29 is 9.90 Å². The van der Waals surface area contributed by atoms with Crippen LogP contribution in [-0.2, 0) is 4.79 Å². The van der Waals surface area contributed by atoms with Gasteiger partial charge in [0, 0.05) is 16.2 Å². The summed E-state index contributed by atoms with van der Waals surface area (Å²) in [6.07, 6.45) is 3.28. The van der Waals surface area contributed by atoms with E-state index in [2.05, 4.69) is 12.2 Å². The average molecular weight is 338 g/mol. The highest BCUT2D eigenvalue weighted by atomic mass is 32.2. The molecule has 0 aliphatic carbocycles. The molecule has 0 heterocycles. The number of nitrogens with one attached hydrogen (secondary N) is 1. The number of thioether (sulfide) groups is 1. The second-order valence-electron chi connectivity index (χ2n) is 7.03. The standard InChI is InChI=1S/C19H31NO2S/c1-5-6-8-13-17(21)16(18(22)20-19(2,3)4)14-23-15-11-9-7-10-12-15/h7,9-12,16-17,21H,5-6,8,13-14H2,1-4H3,(H,20,22)/t16-,17-/m1/s1. The number of carbonyl (C=O) groups excluding carboxylic acids is 1. The first-order valence-electron chi connectivity index (χ1n) is 8.51. The van der Waals surface area contributed by atoms with Crippen LogP contribution in [0.3, 0.4) is 0 Å². The molecule has 0 unspecified atom stereocenters. The van der Waals surface area contributed by atoms with Gasteiger partial charge in [0.15, 0.2) is 0 Å². The lowest BCUT2D eigenvalue weighted by molar-refractivity contribution is -0.129. The van der Waals surface area contributed by atoms with E-state index in [9.17, 15) is 9.90 Å². The Morgan fingerprint density at radius 3 is 2.43 bits per heavy atom. The third-order valence-electron chi connectivity index (χ3n) is 3.58. The fourth-order valence-corrected chi connectivity index (χ4v) is 3.43. The summed E-state index contributed by atoms with van der Waals surface area (Å²) in [4.78, 5) is 13.7. The summed E-state index contributed by atoms with van der Waals surface area (Å²) < 4.78 is 0. The number of aliphatic hydroxyl groups excluding tert-OH is 1. The Balaban J connectivity index is 2.68. The van der Waals surface area contributed by atoms with E-state index in [-0.39, 0.29) is 17.4 Å². The van der Waals surface area contributed by atoms with E-state index in [1.54, 1.807) is 11.8 Å². The Bertz CT molecular complexity index is 456. The topological polar surface area (TPSA) is 49.3 Å². The predicted molar refractivity (Wildman–Crippen MR) is 98.7 cm³/mol. The van der Waals surface area contributed by atoms with Gasteiger partial charge in [-0.15, -0.1) is 11.8 Å². The first kappa shape index (κ1) is 20.0. The van der Waals surface area contributed by atoms with E-state index >= 15 is 0 Å². The average Bonchev–Trinajstić information content (AvgIpc) is 2.47. The van der Waals surface area contributed by atoms with Gasteiger partial charge in [-0.1, -0.05) is 44.4 Å². The molecule has 0 aliphatic rings. The molecule has 1 rings (SSSR count). The number of benzene rings is 1. The molecule has 0 radical (unpaired) electrons. The third-order valence-corrected chi connectivity index (χ3v) is 4.71. The lowest BCUT2D eigenvalue weighted by atomic mass is 9.96. The minimum absolute atomic E-state index is 0.0510. The molecule has 0 aromatic heterocycles. The van der Waals surface area contributed by atoms with Crippen LogP contribution in [0.1, 0.15) is 53.4 Å². The molecular formula is C19H31NO2S. The number of carbonyl (C=O) groups is 1. The van der Waals surface area contributed by atoms with Crippen molar-refractivity contribution in [1.82, 2.24) is 5.32 Å². The molecule has 3 nitrogen and oxygen atoms in total. The lowest BCUT2D eigenvalue weighted by Crippen LogP contribution is -2.47. The first-order valence-corrected chi connectivity index (χ1v) is 9.50. The Morgan fingerprint density at radius 2 is 1.87 bits per heavy atom. The van der Waals surface area contributed by atoms with Gasteiger partial charge in [-0.2, -0.15) is 0 Å². The number of rotatable bonds is 9. The maximum atomic E-state index is 12.6. The Labute approximate surface area is 145 Å². The lowest BCUT2D eigenvalue weighted by Gasteiger charge is -2.27. The molecule has 0 spiro atoms. The number of hydrogen-bond acceptors (Lipinski definition) is 3. The van der Waals surface area contributed by atoms with Crippen molar-refractivity contribution >= 4 is 17.7 Å². The van der Waals surface area contributed by atoms with Crippen LogP contribution < -0.4 is 5.32 Å². The van der Waals surface area contributed by atoms with Crippen molar-refractivity contribution in [2.24, 2.45) is 5.92 Å². The van der Waals surface area contributed by atoms with Crippen molar-refractivity contribution in [3.63, 3.8) is 0 Å². The van der Waals surface area contributed by atoms with Crippen LogP contribution in [0.5, 0.6) is 0 Å². The molecule has 1 aromatic carbocycles. The van der Waals surface area contributed by atoms with Crippen LogP contribution in [0, 0.1) is 5.92 Å². The molecule has 4 heteroatoms. The van der Waals surface area contributed by atoms with Crippen LogP contribution in [0.4, 0.5) is 0 Å². The molecule has 1 amide bonds. The Hall–Kier alpha value is -1.00. The van der Waals surface area contributed by atoms with E-state index in [1.807, 2.05) is 51.1 Å². The molecule has 2 atom stereocenters. The molecule has 1 aromatic rings. The quantitative estimate of drug-likeness (QED) is 0.523. The summed E-state index contributed by atoms with van der Waals surface area (Å²) in [6.45, 7) is 8.04. The number of unbranched alkanes of at least 4 members (excludes halogenated alkanes) is 2. The number of hydrogen-bond donors (Lipinski definition) is 2. The summed E-state index contributed by atoms with van der Waals surface area (Å²) in [7, 11) is 0. The maximum absolute atomic E-state index is 12.6. The van der Waals surface area contributed by atoms with Crippen LogP contribution in [0.2, 0.25) is 0 Å². The third kappa shape index (κ3) is 8.42. The highest BCUT2D eigenvalue weighted by Gasteiger charge is 2.29. The van der Waals surface area contributed by atoms with Gasteiger partial charge in [-0.05, 0) is 39.3 Å². The zero-order valence-corrected chi connectivity index (χ0v) is 15.7. The van der Waals surface area contributed by atoms with Gasteiger partial charge in [0.2, 0.25) is 5.91 Å². The Morgan fingerprint density at radius 1 is 1.22 bits per heavy atom. The zero-order chi connectivity index (χ0) is 17.3. The predicted octanol–water partition coefficient (Wildman–Crippen LogP) is 4.25. The SMILES string of the molecule is CCCCC[C@@H](O)[C@@H](CSc1ccccc1)C(=O)NC(C)(C)C. The molecular weight excluding hydrogens is 306 g/mol. The number of aliphatic hydroxyl groups is 1. The summed E-state index contributed by atoms with van der Waals surface area (Å²) in [5, 5.41) is 13.5. The molecule has 0 bridgehead atoms. The van der Waals surface area contributed by atoms with Crippen LogP contribution in [0.25, 0.3) is 0 Å². The minimum atomic E-state index is -0.583. The molecule has 23 heavy (non-hydrogen) atoms. The van der Waals surface area contributed by atoms with Crippen LogP contribution >= 0.6 is 11.8 Å². The van der Waals surface area contributed by atoms with E-state index in [4.69, 9.17) is 0 Å². The van der Waals surface area contributed by atoms with Gasteiger partial charge >= 0.3 is 0 Å². The molecule has 0 aliphatic heterocycles. The molecule has 0 saturated heterocycles. The van der Waals surface area contributed by atoms with Gasteiger partial charge in [0.05, 0.1) is 12.0 Å². The van der Waals surface area contributed by atoms with E-state index in [0.29, 0.717) is 12.2 Å². The fraction of sp³-hybridized carbons (Fsp3) is 0.632. The molecule has 130 valence electrons. The van der Waals surface area contributed by atoms with E-state index < -0.39 is 6.10 Å². The van der Waals surface area contributed by atoms with Crippen molar-refractivity contribution in [3.05, 3.63) is 30.3 Å². The van der Waals surface area contributed by atoms with Crippen molar-refractivity contribution in [2.45, 2.75) is 69.9 Å². The van der Waals surface area contributed by atoms with Crippen molar-refractivity contribution in [3.8, 4) is 0 Å².